The number of aliphatic hydroxyl groups excluding tert-OH is 1. The predicted molar refractivity (Wildman–Crippen MR) is 145 cm³/mol. The molecule has 0 spiro atoms. The number of hydrogen-bond donors (Lipinski definition) is 2. The van der Waals surface area contributed by atoms with E-state index < -0.39 is 11.6 Å². The van der Waals surface area contributed by atoms with Gasteiger partial charge in [0.05, 0.1) is 12.7 Å². The lowest BCUT2D eigenvalue weighted by Gasteiger charge is -2.37. The Bertz CT molecular complexity index is 1090. The molecular formula is C33H36O4. The van der Waals surface area contributed by atoms with E-state index in [-0.39, 0.29) is 18.4 Å². The summed E-state index contributed by atoms with van der Waals surface area (Å²) in [6, 6.07) is 31.2. The van der Waals surface area contributed by atoms with Gasteiger partial charge in [0, 0.05) is 12.3 Å². The van der Waals surface area contributed by atoms with Crippen LogP contribution in [-0.4, -0.2) is 28.9 Å². The number of rotatable bonds is 10. The number of hydrogen-bond acceptors (Lipinski definition) is 3. The first-order chi connectivity index (χ1) is 18.1. The van der Waals surface area contributed by atoms with Gasteiger partial charge in [-0.15, -0.1) is 0 Å². The number of aliphatic hydroxyl groups is 1. The maximum Gasteiger partial charge on any atom is 0.303 e. The number of benzene rings is 3. The van der Waals surface area contributed by atoms with Gasteiger partial charge in [-0.3, -0.25) is 4.79 Å². The van der Waals surface area contributed by atoms with Crippen molar-refractivity contribution in [3.8, 4) is 0 Å². The zero-order valence-corrected chi connectivity index (χ0v) is 21.2. The molecule has 2 saturated carbocycles. The summed E-state index contributed by atoms with van der Waals surface area (Å²) < 4.78 is 7.07. The third-order valence-corrected chi connectivity index (χ3v) is 8.28. The van der Waals surface area contributed by atoms with Crippen molar-refractivity contribution in [2.75, 3.05) is 6.61 Å². The highest BCUT2D eigenvalue weighted by Crippen LogP contribution is 2.51. The predicted octanol–water partition coefficient (Wildman–Crippen LogP) is 6.58. The molecule has 0 aromatic heterocycles. The Labute approximate surface area is 219 Å². The maximum atomic E-state index is 11.1. The molecule has 0 bridgehead atoms. The van der Waals surface area contributed by atoms with Crippen molar-refractivity contribution in [3.05, 3.63) is 119 Å². The van der Waals surface area contributed by atoms with E-state index in [0.29, 0.717) is 24.9 Å². The minimum absolute atomic E-state index is 0.0606. The van der Waals surface area contributed by atoms with Crippen molar-refractivity contribution in [3.63, 3.8) is 0 Å². The van der Waals surface area contributed by atoms with Crippen molar-refractivity contribution in [2.24, 2.45) is 17.8 Å². The first-order valence-electron chi connectivity index (χ1n) is 13.5. The quantitative estimate of drug-likeness (QED) is 0.189. The molecule has 2 aliphatic carbocycles. The fourth-order valence-electron chi connectivity index (χ4n) is 6.52. The Balaban J connectivity index is 1.42. The number of aliphatic carboxylic acids is 1. The van der Waals surface area contributed by atoms with E-state index in [4.69, 9.17) is 9.84 Å². The number of carboxylic acid groups (broad SMARTS) is 1. The fourth-order valence-corrected chi connectivity index (χ4v) is 6.52. The van der Waals surface area contributed by atoms with Crippen molar-refractivity contribution in [1.82, 2.24) is 0 Å². The van der Waals surface area contributed by atoms with Gasteiger partial charge in [0.2, 0.25) is 0 Å². The smallest absolute Gasteiger partial charge is 0.303 e. The summed E-state index contributed by atoms with van der Waals surface area (Å²) in [7, 11) is 0. The van der Waals surface area contributed by atoms with Crippen LogP contribution in [0.2, 0.25) is 0 Å². The molecule has 4 atom stereocenters. The third-order valence-electron chi connectivity index (χ3n) is 8.28. The van der Waals surface area contributed by atoms with Crippen LogP contribution < -0.4 is 0 Å². The van der Waals surface area contributed by atoms with Crippen molar-refractivity contribution in [1.29, 1.82) is 0 Å². The zero-order valence-electron chi connectivity index (χ0n) is 21.2. The van der Waals surface area contributed by atoms with E-state index in [9.17, 15) is 9.90 Å². The summed E-state index contributed by atoms with van der Waals surface area (Å²) in [4.78, 5) is 10.8. The average molecular weight is 497 g/mol. The lowest BCUT2D eigenvalue weighted by Crippen LogP contribution is -2.37. The van der Waals surface area contributed by atoms with E-state index in [1.54, 1.807) is 0 Å². The lowest BCUT2D eigenvalue weighted by molar-refractivity contribution is -0.137. The van der Waals surface area contributed by atoms with Gasteiger partial charge in [0.1, 0.15) is 5.60 Å². The summed E-state index contributed by atoms with van der Waals surface area (Å²) in [5.41, 5.74) is 3.85. The van der Waals surface area contributed by atoms with Crippen LogP contribution in [0.15, 0.2) is 103 Å². The molecule has 37 heavy (non-hydrogen) atoms. The van der Waals surface area contributed by atoms with Gasteiger partial charge in [-0.1, -0.05) is 103 Å². The SMILES string of the molecule is O=C(O)CCCC=C1C[C@@H]2C[C@H](O)[C@@H](COC(c3ccccc3)(c3ccccc3)c3ccccc3)[C@@H]2C1. The van der Waals surface area contributed by atoms with Crippen LogP contribution in [0.1, 0.15) is 55.2 Å². The molecule has 0 amide bonds. The van der Waals surface area contributed by atoms with E-state index in [2.05, 4.69) is 78.9 Å². The molecule has 192 valence electrons. The molecule has 0 aliphatic heterocycles. The van der Waals surface area contributed by atoms with Gasteiger partial charge in [0.25, 0.3) is 0 Å². The van der Waals surface area contributed by atoms with Crippen molar-refractivity contribution < 1.29 is 19.7 Å². The Morgan fingerprint density at radius 3 is 1.92 bits per heavy atom. The van der Waals surface area contributed by atoms with Crippen LogP contribution in [0.25, 0.3) is 0 Å². The highest BCUT2D eigenvalue weighted by atomic mass is 16.5. The monoisotopic (exact) mass is 496 g/mol. The van der Waals surface area contributed by atoms with Crippen LogP contribution in [-0.2, 0) is 15.1 Å². The third kappa shape index (κ3) is 5.41. The largest absolute Gasteiger partial charge is 0.481 e. The normalized spacial score (nSPS) is 24.3. The lowest BCUT2D eigenvalue weighted by atomic mass is 9.79. The highest BCUT2D eigenvalue weighted by molar-refractivity contribution is 5.66. The first-order valence-corrected chi connectivity index (χ1v) is 13.5. The van der Waals surface area contributed by atoms with Crippen LogP contribution >= 0.6 is 0 Å². The topological polar surface area (TPSA) is 66.8 Å². The van der Waals surface area contributed by atoms with E-state index >= 15 is 0 Å². The molecule has 0 saturated heterocycles. The second-order valence-corrected chi connectivity index (χ2v) is 10.5. The first kappa shape index (κ1) is 25.4. The molecule has 3 aromatic rings. The second-order valence-electron chi connectivity index (χ2n) is 10.5. The number of fused-ring (bicyclic) bond motifs is 1. The number of ether oxygens (including phenoxy) is 1. The van der Waals surface area contributed by atoms with Gasteiger partial charge in [-0.05, 0) is 60.6 Å². The van der Waals surface area contributed by atoms with Gasteiger partial charge >= 0.3 is 5.97 Å². The Kier molecular flexibility index (Phi) is 7.87. The summed E-state index contributed by atoms with van der Waals surface area (Å²) in [6.07, 6.45) is 6.36. The fraction of sp³-hybridized carbons (Fsp3) is 0.364. The molecule has 2 N–H and O–H groups in total. The Morgan fingerprint density at radius 1 is 0.865 bits per heavy atom. The van der Waals surface area contributed by atoms with Crippen molar-refractivity contribution in [2.45, 2.75) is 50.2 Å². The molecule has 0 radical (unpaired) electrons. The van der Waals surface area contributed by atoms with E-state index in [1.807, 2.05) is 18.2 Å². The standard InChI is InChI=1S/C33H36O4/c34-31-22-25-20-24(12-10-11-19-32(35)36)21-29(25)30(31)23-37-33(26-13-4-1-5-14-26,27-15-6-2-7-16-27)28-17-8-3-9-18-28/h1-9,12-18,25,29-31,34H,10-11,19-23H2,(H,35,36)/t25-,29-,30+,31+/m1/s1. The van der Waals surface area contributed by atoms with Crippen LogP contribution in [0.4, 0.5) is 0 Å². The van der Waals surface area contributed by atoms with Gasteiger partial charge < -0.3 is 14.9 Å². The summed E-state index contributed by atoms with van der Waals surface area (Å²) in [5, 5.41) is 20.0. The van der Waals surface area contributed by atoms with Gasteiger partial charge in [0.15, 0.2) is 0 Å². The van der Waals surface area contributed by atoms with Crippen LogP contribution in [0.5, 0.6) is 0 Å². The summed E-state index contributed by atoms with van der Waals surface area (Å²) >= 11 is 0. The van der Waals surface area contributed by atoms with Gasteiger partial charge in [-0.2, -0.15) is 0 Å². The van der Waals surface area contributed by atoms with Crippen molar-refractivity contribution >= 4 is 5.97 Å². The zero-order chi connectivity index (χ0) is 25.7. The van der Waals surface area contributed by atoms with Gasteiger partial charge in [-0.25, -0.2) is 0 Å². The number of allylic oxidation sites excluding steroid dienone is 2. The van der Waals surface area contributed by atoms with E-state index in [1.165, 1.54) is 5.57 Å². The van der Waals surface area contributed by atoms with E-state index in [0.717, 1.165) is 42.4 Å². The number of carbonyl (C=O) groups is 1. The average Bonchev–Trinajstić information content (AvgIpc) is 3.45. The highest BCUT2D eigenvalue weighted by Gasteiger charge is 2.48. The molecule has 5 rings (SSSR count). The number of carboxylic acids is 1. The molecule has 2 fully saturated rings. The van der Waals surface area contributed by atoms with Crippen LogP contribution in [0.3, 0.4) is 0 Å². The molecule has 3 aromatic carbocycles. The second kappa shape index (κ2) is 11.5. The maximum absolute atomic E-state index is 11.1. The molecule has 2 aliphatic rings. The minimum Gasteiger partial charge on any atom is -0.481 e. The minimum atomic E-state index is -0.782. The van der Waals surface area contributed by atoms with Crippen LogP contribution in [0, 0.1) is 17.8 Å². The molecule has 4 heteroatoms. The molecule has 0 unspecified atom stereocenters. The molecular weight excluding hydrogens is 460 g/mol. The number of unbranched alkanes of at least 4 members (excludes halogenated alkanes) is 1. The molecule has 4 nitrogen and oxygen atoms in total. The Morgan fingerprint density at radius 2 is 1.41 bits per heavy atom. The molecule has 0 heterocycles. The summed E-state index contributed by atoms with van der Waals surface area (Å²) in [5.74, 6) is 0.181. The summed E-state index contributed by atoms with van der Waals surface area (Å²) in [6.45, 7) is 0.466. The Hall–Kier alpha value is -3.21.